The number of nitrogens with zero attached hydrogens (tertiary/aromatic N) is 1. The van der Waals surface area contributed by atoms with Crippen molar-refractivity contribution in [3.05, 3.63) is 70.3 Å². The summed E-state index contributed by atoms with van der Waals surface area (Å²) < 4.78 is 13.0. The van der Waals surface area contributed by atoms with Crippen LogP contribution in [0.1, 0.15) is 17.3 Å². The number of nitrogens with one attached hydrogen (secondary N) is 1. The van der Waals surface area contributed by atoms with Gasteiger partial charge in [0.25, 0.3) is 5.91 Å². The van der Waals surface area contributed by atoms with Crippen LogP contribution in [0.3, 0.4) is 0 Å². The number of benzene rings is 2. The van der Waals surface area contributed by atoms with Crippen molar-refractivity contribution in [1.29, 1.82) is 0 Å². The summed E-state index contributed by atoms with van der Waals surface area (Å²) in [4.78, 5) is 17.2. The highest BCUT2D eigenvalue weighted by Gasteiger charge is 2.07. The van der Waals surface area contributed by atoms with Gasteiger partial charge in [-0.05, 0) is 54.3 Å². The van der Waals surface area contributed by atoms with Crippen LogP contribution in [0.25, 0.3) is 10.2 Å². The van der Waals surface area contributed by atoms with Gasteiger partial charge in [-0.25, -0.2) is 9.37 Å². The summed E-state index contributed by atoms with van der Waals surface area (Å²) in [5.74, 6) is -0.553. The third kappa shape index (κ3) is 6.44. The smallest absolute Gasteiger partial charge is 0.251 e. The lowest BCUT2D eigenvalue weighted by atomic mass is 10.2. The topological polar surface area (TPSA) is 62.2 Å². The Morgan fingerprint density at radius 3 is 2.85 bits per heavy atom. The molecule has 4 nitrogen and oxygen atoms in total. The SMILES string of the molecule is C#CS/C(=C\C)CNC(=O)c1ccc2ncsc2c1.Oc1cccc(F)c1. The molecular formula is C20H17FN2O2S2. The van der Waals surface area contributed by atoms with Crippen LogP contribution >= 0.6 is 23.1 Å². The first-order chi connectivity index (χ1) is 13.0. The standard InChI is InChI=1S/C14H12N2OS2.C6H5FO/c1-3-11(18-4-2)8-15-14(17)10-5-6-12-13(7-10)19-9-16-12;7-5-2-1-3-6(8)4-5/h2-3,5-7,9H,8H2,1H3,(H,15,17);1-4,8H/b11-3-;. The van der Waals surface area contributed by atoms with Crippen LogP contribution in [0, 0.1) is 17.5 Å². The van der Waals surface area contributed by atoms with E-state index >= 15 is 0 Å². The highest BCUT2D eigenvalue weighted by molar-refractivity contribution is 8.07. The molecule has 138 valence electrons. The van der Waals surface area contributed by atoms with Crippen molar-refractivity contribution < 1.29 is 14.3 Å². The maximum absolute atomic E-state index is 12.0. The highest BCUT2D eigenvalue weighted by atomic mass is 32.2. The second-order valence-corrected chi connectivity index (χ2v) is 7.02. The van der Waals surface area contributed by atoms with Crippen LogP contribution in [0.5, 0.6) is 5.75 Å². The predicted octanol–water partition coefficient (Wildman–Crippen LogP) is 4.79. The minimum atomic E-state index is -0.412. The van der Waals surface area contributed by atoms with Crippen molar-refractivity contribution in [2.24, 2.45) is 0 Å². The molecule has 0 aliphatic carbocycles. The van der Waals surface area contributed by atoms with Crippen molar-refractivity contribution in [2.45, 2.75) is 6.92 Å². The predicted molar refractivity (Wildman–Crippen MR) is 110 cm³/mol. The van der Waals surface area contributed by atoms with Gasteiger partial charge in [0.05, 0.1) is 15.7 Å². The second kappa shape index (κ2) is 10.4. The molecule has 1 aromatic heterocycles. The van der Waals surface area contributed by atoms with E-state index in [1.807, 2.05) is 25.1 Å². The molecule has 7 heteroatoms. The zero-order valence-corrected chi connectivity index (χ0v) is 16.1. The van der Waals surface area contributed by atoms with Crippen molar-refractivity contribution in [2.75, 3.05) is 6.54 Å². The monoisotopic (exact) mass is 400 g/mol. The number of hydrogen-bond donors (Lipinski definition) is 2. The van der Waals surface area contributed by atoms with E-state index in [1.165, 1.54) is 41.3 Å². The van der Waals surface area contributed by atoms with Crippen molar-refractivity contribution >= 4 is 39.2 Å². The van der Waals surface area contributed by atoms with Crippen molar-refractivity contribution in [1.82, 2.24) is 10.3 Å². The summed E-state index contributed by atoms with van der Waals surface area (Å²) in [5, 5.41) is 13.9. The number of aromatic hydroxyl groups is 1. The van der Waals surface area contributed by atoms with Crippen LogP contribution in [0.2, 0.25) is 0 Å². The summed E-state index contributed by atoms with van der Waals surface area (Å²) in [6.45, 7) is 2.35. The molecule has 0 saturated carbocycles. The average Bonchev–Trinajstić information content (AvgIpc) is 3.13. The number of allylic oxidation sites excluding steroid dienone is 1. The molecule has 1 amide bonds. The molecule has 0 atom stereocenters. The molecule has 3 rings (SSSR count). The Balaban J connectivity index is 0.000000273. The number of thiazole rings is 1. The van der Waals surface area contributed by atoms with Gasteiger partial charge in [-0.2, -0.15) is 0 Å². The molecule has 27 heavy (non-hydrogen) atoms. The Bertz CT molecular complexity index is 976. The van der Waals surface area contributed by atoms with Crippen LogP contribution in [-0.4, -0.2) is 22.5 Å². The number of thioether (sulfide) groups is 1. The molecule has 2 N–H and O–H groups in total. The molecule has 0 spiro atoms. The fourth-order valence-electron chi connectivity index (χ4n) is 2.01. The minimum absolute atomic E-state index is 0.0370. The second-order valence-electron chi connectivity index (χ2n) is 5.17. The van der Waals surface area contributed by atoms with E-state index in [9.17, 15) is 9.18 Å². The number of carbonyl (C=O) groups excluding carboxylic acids is 1. The molecule has 0 radical (unpaired) electrons. The molecule has 0 saturated heterocycles. The van der Waals surface area contributed by atoms with E-state index in [-0.39, 0.29) is 11.7 Å². The van der Waals surface area contributed by atoms with Crippen LogP contribution in [-0.2, 0) is 0 Å². The first-order valence-corrected chi connectivity index (χ1v) is 9.56. The number of phenols is 1. The number of amides is 1. The number of hydrogen-bond acceptors (Lipinski definition) is 5. The van der Waals surface area contributed by atoms with Crippen LogP contribution < -0.4 is 5.32 Å². The largest absolute Gasteiger partial charge is 0.508 e. The van der Waals surface area contributed by atoms with Crippen molar-refractivity contribution in [3.63, 3.8) is 0 Å². The van der Waals surface area contributed by atoms with Gasteiger partial charge in [0.1, 0.15) is 11.6 Å². The van der Waals surface area contributed by atoms with Gasteiger partial charge in [0.2, 0.25) is 0 Å². The lowest BCUT2D eigenvalue weighted by molar-refractivity contribution is 0.0958. The Morgan fingerprint density at radius 1 is 1.41 bits per heavy atom. The number of phenolic OH excluding ortho intramolecular Hbond substituents is 1. The number of rotatable bonds is 4. The van der Waals surface area contributed by atoms with Gasteiger partial charge in [0.15, 0.2) is 0 Å². The summed E-state index contributed by atoms with van der Waals surface area (Å²) >= 11 is 2.81. The fraction of sp³-hybridized carbons (Fsp3) is 0.100. The molecule has 0 bridgehead atoms. The molecule has 2 aromatic carbocycles. The number of carbonyl (C=O) groups is 1. The van der Waals surface area contributed by atoms with Gasteiger partial charge in [-0.3, -0.25) is 4.79 Å². The number of fused-ring (bicyclic) bond motifs is 1. The summed E-state index contributed by atoms with van der Waals surface area (Å²) in [7, 11) is 0. The van der Waals surface area contributed by atoms with Crippen molar-refractivity contribution in [3.8, 4) is 17.4 Å². The maximum atomic E-state index is 12.0. The number of terminal acetylenes is 1. The molecule has 1 heterocycles. The molecule has 0 aliphatic rings. The molecular weight excluding hydrogens is 383 g/mol. The van der Waals surface area contributed by atoms with E-state index in [1.54, 1.807) is 11.6 Å². The quantitative estimate of drug-likeness (QED) is 0.619. The summed E-state index contributed by atoms with van der Waals surface area (Å²) in [6, 6.07) is 10.7. The zero-order valence-electron chi connectivity index (χ0n) is 14.5. The first-order valence-electron chi connectivity index (χ1n) is 7.87. The Morgan fingerprint density at radius 2 is 2.22 bits per heavy atom. The van der Waals surface area contributed by atoms with Gasteiger partial charge >= 0.3 is 0 Å². The molecule has 0 unspecified atom stereocenters. The maximum Gasteiger partial charge on any atom is 0.251 e. The van der Waals surface area contributed by atoms with E-state index in [0.717, 1.165) is 21.2 Å². The van der Waals surface area contributed by atoms with E-state index in [4.69, 9.17) is 11.5 Å². The summed E-state index contributed by atoms with van der Waals surface area (Å²) in [5.41, 5.74) is 3.32. The average molecular weight is 401 g/mol. The Kier molecular flexibility index (Phi) is 7.86. The molecule has 3 aromatic rings. The molecule has 0 aliphatic heterocycles. The Hall–Kier alpha value is -2.82. The van der Waals surface area contributed by atoms with Gasteiger partial charge in [-0.1, -0.05) is 12.1 Å². The third-order valence-corrected chi connectivity index (χ3v) is 4.89. The minimum Gasteiger partial charge on any atom is -0.508 e. The van der Waals surface area contributed by atoms with E-state index in [0.29, 0.717) is 12.1 Å². The fourth-order valence-corrected chi connectivity index (χ4v) is 3.14. The lowest BCUT2D eigenvalue weighted by Gasteiger charge is -2.06. The first kappa shape index (κ1) is 20.5. The van der Waals surface area contributed by atoms with Gasteiger partial charge in [-0.15, -0.1) is 17.8 Å². The lowest BCUT2D eigenvalue weighted by Crippen LogP contribution is -2.24. The van der Waals surface area contributed by atoms with E-state index in [2.05, 4.69) is 15.6 Å². The number of halogens is 1. The normalized spacial score (nSPS) is 10.6. The highest BCUT2D eigenvalue weighted by Crippen LogP contribution is 2.19. The Labute approximate surface area is 165 Å². The number of aromatic nitrogens is 1. The van der Waals surface area contributed by atoms with E-state index < -0.39 is 5.82 Å². The van der Waals surface area contributed by atoms with Crippen LogP contribution in [0.4, 0.5) is 4.39 Å². The molecule has 0 fully saturated rings. The zero-order chi connectivity index (χ0) is 19.6. The van der Waals surface area contributed by atoms with Crippen LogP contribution in [0.15, 0.2) is 59.0 Å². The van der Waals surface area contributed by atoms with Gasteiger partial charge < -0.3 is 10.4 Å². The van der Waals surface area contributed by atoms with Gasteiger partial charge in [0, 0.05) is 23.1 Å². The summed E-state index contributed by atoms with van der Waals surface area (Å²) in [6.07, 6.45) is 7.13. The third-order valence-electron chi connectivity index (χ3n) is 3.34.